The second-order valence-corrected chi connectivity index (χ2v) is 4.75. The summed E-state index contributed by atoms with van der Waals surface area (Å²) in [5.41, 5.74) is 0. The molecule has 0 amide bonds. The molecule has 0 aromatic rings. The van der Waals surface area contributed by atoms with Crippen molar-refractivity contribution >= 4 is 24.9 Å². The van der Waals surface area contributed by atoms with Gasteiger partial charge in [-0.25, -0.2) is 0 Å². The molecule has 114 valence electrons. The highest BCUT2D eigenvalue weighted by atomic mass is 15.4. The summed E-state index contributed by atoms with van der Waals surface area (Å²) in [6.45, 7) is 7.44. The molecule has 0 N–H and O–H groups in total. The lowest BCUT2D eigenvalue weighted by atomic mass is 10.3. The van der Waals surface area contributed by atoms with E-state index in [9.17, 15) is 0 Å². The second-order valence-electron chi connectivity index (χ2n) is 4.75. The third-order valence-electron chi connectivity index (χ3n) is 2.64. The van der Waals surface area contributed by atoms with Crippen LogP contribution in [0.25, 0.3) is 0 Å². The summed E-state index contributed by atoms with van der Waals surface area (Å²) in [5.74, 6) is 0. The van der Waals surface area contributed by atoms with Crippen molar-refractivity contribution in [3.63, 3.8) is 0 Å². The SMILES string of the molecule is CCCC=NN=CCCC[N+](=CCCC)N=CCCC. The van der Waals surface area contributed by atoms with Crippen LogP contribution in [0.5, 0.6) is 0 Å². The van der Waals surface area contributed by atoms with Crippen LogP contribution in [0.3, 0.4) is 0 Å². The summed E-state index contributed by atoms with van der Waals surface area (Å²) in [5, 5.41) is 12.5. The van der Waals surface area contributed by atoms with Crippen LogP contribution in [0.1, 0.15) is 72.1 Å². The van der Waals surface area contributed by atoms with Gasteiger partial charge in [-0.3, -0.25) is 0 Å². The van der Waals surface area contributed by atoms with E-state index >= 15 is 0 Å². The first-order valence-corrected chi connectivity index (χ1v) is 8.00. The van der Waals surface area contributed by atoms with Crippen molar-refractivity contribution in [2.45, 2.75) is 72.1 Å². The lowest BCUT2D eigenvalue weighted by Gasteiger charge is -1.94. The summed E-state index contributed by atoms with van der Waals surface area (Å²) in [7, 11) is 0. The van der Waals surface area contributed by atoms with Gasteiger partial charge in [0.25, 0.3) is 0 Å². The first-order chi connectivity index (χ1) is 9.85. The van der Waals surface area contributed by atoms with Gasteiger partial charge in [0.15, 0.2) is 12.8 Å². The molecule has 0 spiro atoms. The minimum absolute atomic E-state index is 0.948. The van der Waals surface area contributed by atoms with Crippen LogP contribution in [-0.2, 0) is 0 Å². The Morgan fingerprint density at radius 1 is 0.750 bits per heavy atom. The van der Waals surface area contributed by atoms with Crippen molar-refractivity contribution < 1.29 is 4.68 Å². The molecule has 0 radical (unpaired) electrons. The van der Waals surface area contributed by atoms with Gasteiger partial charge in [0.1, 0.15) is 0 Å². The predicted octanol–water partition coefficient (Wildman–Crippen LogP) is 4.29. The van der Waals surface area contributed by atoms with E-state index in [0.29, 0.717) is 0 Å². The zero-order chi connectivity index (χ0) is 14.9. The van der Waals surface area contributed by atoms with E-state index in [1.165, 1.54) is 0 Å². The molecule has 0 aliphatic heterocycles. The first-order valence-electron chi connectivity index (χ1n) is 8.00. The molecule has 0 unspecified atom stereocenters. The summed E-state index contributed by atoms with van der Waals surface area (Å²) in [6, 6.07) is 0. The molecule has 0 aliphatic carbocycles. The van der Waals surface area contributed by atoms with Gasteiger partial charge in [0, 0.05) is 25.3 Å². The maximum absolute atomic E-state index is 4.49. The number of nitrogens with zero attached hydrogens (tertiary/aromatic N) is 4. The average molecular weight is 279 g/mol. The number of unbranched alkanes of at least 4 members (excludes halogenated alkanes) is 4. The summed E-state index contributed by atoms with van der Waals surface area (Å²) < 4.78 is 2.06. The Kier molecular flexibility index (Phi) is 14.7. The molecule has 0 aliphatic rings. The Morgan fingerprint density at radius 2 is 1.35 bits per heavy atom. The van der Waals surface area contributed by atoms with Crippen LogP contribution in [0.15, 0.2) is 15.3 Å². The van der Waals surface area contributed by atoms with Crippen LogP contribution in [-0.4, -0.2) is 36.1 Å². The molecule has 0 heterocycles. The lowest BCUT2D eigenvalue weighted by Crippen LogP contribution is -2.09. The number of rotatable bonds is 12. The molecule has 0 atom stereocenters. The molecular weight excluding hydrogens is 248 g/mol. The van der Waals surface area contributed by atoms with E-state index in [1.54, 1.807) is 0 Å². The van der Waals surface area contributed by atoms with E-state index in [0.717, 1.165) is 57.9 Å². The summed E-state index contributed by atoms with van der Waals surface area (Å²) in [4.78, 5) is 0. The van der Waals surface area contributed by atoms with Crippen LogP contribution < -0.4 is 0 Å². The lowest BCUT2D eigenvalue weighted by molar-refractivity contribution is -0.529. The highest BCUT2D eigenvalue weighted by molar-refractivity contribution is 5.61. The fourth-order valence-electron chi connectivity index (χ4n) is 1.45. The normalized spacial score (nSPS) is 13.2. The molecule has 0 fully saturated rings. The maximum atomic E-state index is 4.49. The van der Waals surface area contributed by atoms with Gasteiger partial charge in [-0.1, -0.05) is 38.3 Å². The van der Waals surface area contributed by atoms with Crippen LogP contribution in [0.2, 0.25) is 0 Å². The fourth-order valence-corrected chi connectivity index (χ4v) is 1.45. The minimum atomic E-state index is 0.948. The van der Waals surface area contributed by atoms with Gasteiger partial charge < -0.3 is 0 Å². The van der Waals surface area contributed by atoms with E-state index in [-0.39, 0.29) is 0 Å². The number of hydrazone groups is 1. The van der Waals surface area contributed by atoms with E-state index in [1.807, 2.05) is 18.6 Å². The van der Waals surface area contributed by atoms with Crippen molar-refractivity contribution in [3.8, 4) is 0 Å². The predicted molar refractivity (Wildman–Crippen MR) is 90.6 cm³/mol. The van der Waals surface area contributed by atoms with Gasteiger partial charge in [-0.15, -0.1) is 0 Å². The minimum Gasteiger partial charge on any atom is -0.164 e. The largest absolute Gasteiger partial charge is 0.174 e. The van der Waals surface area contributed by atoms with Crippen molar-refractivity contribution in [2.75, 3.05) is 6.54 Å². The monoisotopic (exact) mass is 279 g/mol. The van der Waals surface area contributed by atoms with Crippen molar-refractivity contribution in [2.24, 2.45) is 15.3 Å². The summed E-state index contributed by atoms with van der Waals surface area (Å²) >= 11 is 0. The standard InChI is InChI=1S/C16H31N4/c1-4-7-12-17-18-13-10-11-16-20(15-9-6-3)19-14-8-5-2/h12-15H,4-11,16H2,1-3H3/q+1. The van der Waals surface area contributed by atoms with Gasteiger partial charge in [0.05, 0.1) is 6.21 Å². The molecular formula is C16H31N4+. The van der Waals surface area contributed by atoms with Crippen LogP contribution in [0, 0.1) is 0 Å². The second kappa shape index (κ2) is 15.7. The quantitative estimate of drug-likeness (QED) is 0.221. The highest BCUT2D eigenvalue weighted by Gasteiger charge is 2.00. The Hall–Kier alpha value is -1.32. The third kappa shape index (κ3) is 13.1. The fraction of sp³-hybridized carbons (Fsp3) is 0.750. The van der Waals surface area contributed by atoms with Crippen molar-refractivity contribution in [1.29, 1.82) is 0 Å². The molecule has 0 bridgehead atoms. The van der Waals surface area contributed by atoms with E-state index in [4.69, 9.17) is 0 Å². The molecule has 0 rings (SSSR count). The average Bonchev–Trinajstić information content (AvgIpc) is 2.47. The zero-order valence-electron chi connectivity index (χ0n) is 13.5. The van der Waals surface area contributed by atoms with E-state index in [2.05, 4.69) is 47.0 Å². The van der Waals surface area contributed by atoms with Gasteiger partial charge in [-0.2, -0.15) is 10.2 Å². The molecule has 4 heteroatoms. The molecule has 0 saturated carbocycles. The van der Waals surface area contributed by atoms with Crippen LogP contribution in [0.4, 0.5) is 0 Å². The summed E-state index contributed by atoms with van der Waals surface area (Å²) in [6.07, 6.45) is 16.5. The highest BCUT2D eigenvalue weighted by Crippen LogP contribution is 1.92. The zero-order valence-corrected chi connectivity index (χ0v) is 13.5. The molecule has 20 heavy (non-hydrogen) atoms. The Balaban J connectivity index is 3.95. The smallest absolute Gasteiger partial charge is 0.164 e. The van der Waals surface area contributed by atoms with Crippen LogP contribution >= 0.6 is 0 Å². The van der Waals surface area contributed by atoms with Crippen molar-refractivity contribution in [1.82, 2.24) is 0 Å². The Labute approximate surface area is 124 Å². The maximum Gasteiger partial charge on any atom is 0.174 e. The number of hydrogen-bond donors (Lipinski definition) is 0. The molecule has 4 nitrogen and oxygen atoms in total. The first kappa shape index (κ1) is 18.7. The third-order valence-corrected chi connectivity index (χ3v) is 2.64. The van der Waals surface area contributed by atoms with Gasteiger partial charge in [-0.05, 0) is 30.8 Å². The van der Waals surface area contributed by atoms with E-state index < -0.39 is 0 Å². The Bertz CT molecular complexity index is 316. The van der Waals surface area contributed by atoms with Gasteiger partial charge in [0.2, 0.25) is 0 Å². The van der Waals surface area contributed by atoms with Crippen molar-refractivity contribution in [3.05, 3.63) is 0 Å². The molecule has 0 aromatic carbocycles. The topological polar surface area (TPSA) is 40.1 Å². The van der Waals surface area contributed by atoms with Gasteiger partial charge >= 0.3 is 0 Å². The molecule has 0 saturated heterocycles. The molecule has 0 aromatic heterocycles. The number of hydrogen-bond acceptors (Lipinski definition) is 3. The Morgan fingerprint density at radius 3 is 2.00 bits per heavy atom.